The van der Waals surface area contributed by atoms with E-state index in [1.807, 2.05) is 66.9 Å². The second kappa shape index (κ2) is 7.55. The highest BCUT2D eigenvalue weighted by Gasteiger charge is 2.25. The lowest BCUT2D eigenvalue weighted by molar-refractivity contribution is 0.655. The van der Waals surface area contributed by atoms with Gasteiger partial charge < -0.3 is 4.42 Å². The molecule has 0 atom stereocenters. The van der Waals surface area contributed by atoms with Crippen LogP contribution in [0.1, 0.15) is 0 Å². The summed E-state index contributed by atoms with van der Waals surface area (Å²) in [5.41, 5.74) is 4.07. The zero-order chi connectivity index (χ0) is 25.5. The topological polar surface area (TPSA) is 64.7 Å². The van der Waals surface area contributed by atoms with Gasteiger partial charge in [-0.3, -0.25) is 0 Å². The van der Waals surface area contributed by atoms with Crippen LogP contribution in [-0.2, 0) is 0 Å². The minimum atomic E-state index is 0.573. The Bertz CT molecular complexity index is 2270. The minimum absolute atomic E-state index is 0.573. The lowest BCUT2D eigenvalue weighted by Crippen LogP contribution is -2.00. The molecule has 5 nitrogen and oxygen atoms in total. The molecule has 0 saturated carbocycles. The van der Waals surface area contributed by atoms with Crippen molar-refractivity contribution in [2.45, 2.75) is 0 Å². The van der Waals surface area contributed by atoms with E-state index in [0.29, 0.717) is 23.2 Å². The SMILES string of the molecule is c1ccc(-c2nc(-c3ccccc3)nc(-c3cc4ccc5cccc6c7ccnc8oc3c(c87)c4c56)n2)cc1. The van der Waals surface area contributed by atoms with E-state index in [9.17, 15) is 0 Å². The first-order chi connectivity index (χ1) is 19.3. The number of pyridine rings is 1. The first-order valence-corrected chi connectivity index (χ1v) is 12.9. The predicted molar refractivity (Wildman–Crippen MR) is 156 cm³/mol. The number of furan rings is 1. The van der Waals surface area contributed by atoms with Crippen molar-refractivity contribution in [1.82, 2.24) is 19.9 Å². The van der Waals surface area contributed by atoms with E-state index in [1.165, 1.54) is 21.5 Å². The Balaban J connectivity index is 1.44. The lowest BCUT2D eigenvalue weighted by Gasteiger charge is -2.14. The molecular weight excluding hydrogens is 480 g/mol. The molecule has 5 heteroatoms. The standard InChI is InChI=1S/C34H18N4O/c1-3-8-20(9-4-1)31-36-32(21-10-5-2-6-11-21)38-33(37-31)25-18-22-15-14-19-12-7-13-23-24-16-17-35-34-28(24)29(30(25)39-34)27(22)26(19)23/h1-18H. The summed E-state index contributed by atoms with van der Waals surface area (Å²) in [4.78, 5) is 19.5. The summed E-state index contributed by atoms with van der Waals surface area (Å²) < 4.78 is 6.55. The summed E-state index contributed by atoms with van der Waals surface area (Å²) >= 11 is 0. The molecule has 0 aliphatic heterocycles. The number of nitrogens with zero attached hydrogens (tertiary/aromatic N) is 4. The van der Waals surface area contributed by atoms with E-state index in [4.69, 9.17) is 19.4 Å². The molecule has 0 unspecified atom stereocenters. The summed E-state index contributed by atoms with van der Waals surface area (Å²) in [6.07, 6.45) is 1.83. The molecule has 0 aliphatic carbocycles. The van der Waals surface area contributed by atoms with Crippen molar-refractivity contribution >= 4 is 54.4 Å². The van der Waals surface area contributed by atoms with Crippen LogP contribution in [0.2, 0.25) is 0 Å². The lowest BCUT2D eigenvalue weighted by atomic mass is 9.89. The molecule has 0 radical (unpaired) electrons. The van der Waals surface area contributed by atoms with E-state index in [-0.39, 0.29) is 0 Å². The van der Waals surface area contributed by atoms with Crippen LogP contribution in [0, 0.1) is 0 Å². The molecule has 3 aromatic heterocycles. The minimum Gasteiger partial charge on any atom is -0.437 e. The Kier molecular flexibility index (Phi) is 3.99. The van der Waals surface area contributed by atoms with Crippen LogP contribution >= 0.6 is 0 Å². The molecule has 0 saturated heterocycles. The van der Waals surface area contributed by atoms with Crippen LogP contribution in [0.4, 0.5) is 0 Å². The third-order valence-corrected chi connectivity index (χ3v) is 7.69. The molecule has 0 aliphatic rings. The number of hydrogen-bond donors (Lipinski definition) is 0. The van der Waals surface area contributed by atoms with Crippen LogP contribution in [0.15, 0.2) is 114 Å². The molecule has 6 aromatic carbocycles. The normalized spacial score (nSPS) is 12.1. The Morgan fingerprint density at radius 1 is 0.487 bits per heavy atom. The van der Waals surface area contributed by atoms with Gasteiger partial charge in [0.25, 0.3) is 0 Å². The van der Waals surface area contributed by atoms with Crippen LogP contribution < -0.4 is 0 Å². The Labute approximate surface area is 222 Å². The maximum Gasteiger partial charge on any atom is 0.227 e. The molecule has 39 heavy (non-hydrogen) atoms. The van der Waals surface area contributed by atoms with Crippen molar-refractivity contribution in [3.8, 4) is 34.2 Å². The molecule has 0 amide bonds. The van der Waals surface area contributed by atoms with Crippen molar-refractivity contribution in [2.24, 2.45) is 0 Å². The zero-order valence-electron chi connectivity index (χ0n) is 20.6. The first kappa shape index (κ1) is 20.6. The van der Waals surface area contributed by atoms with Crippen LogP contribution in [0.3, 0.4) is 0 Å². The second-order valence-corrected chi connectivity index (χ2v) is 9.87. The van der Waals surface area contributed by atoms with E-state index in [1.54, 1.807) is 0 Å². The zero-order valence-corrected chi connectivity index (χ0v) is 20.6. The van der Waals surface area contributed by atoms with Gasteiger partial charge in [0, 0.05) is 28.1 Å². The van der Waals surface area contributed by atoms with Gasteiger partial charge >= 0.3 is 0 Å². The van der Waals surface area contributed by atoms with Crippen molar-refractivity contribution in [2.75, 3.05) is 0 Å². The van der Waals surface area contributed by atoms with Gasteiger partial charge in [-0.25, -0.2) is 19.9 Å². The third kappa shape index (κ3) is 2.84. The molecule has 9 rings (SSSR count). The van der Waals surface area contributed by atoms with Gasteiger partial charge in [0.2, 0.25) is 5.71 Å². The predicted octanol–water partition coefficient (Wildman–Crippen LogP) is 8.50. The third-order valence-electron chi connectivity index (χ3n) is 7.69. The average Bonchev–Trinajstić information content (AvgIpc) is 3.41. The highest BCUT2D eigenvalue weighted by atomic mass is 16.3. The highest BCUT2D eigenvalue weighted by Crippen LogP contribution is 2.48. The van der Waals surface area contributed by atoms with Gasteiger partial charge in [-0.05, 0) is 39.1 Å². The molecular formula is C34H18N4O. The molecule has 3 heterocycles. The molecule has 9 aromatic rings. The number of aromatic nitrogens is 4. The monoisotopic (exact) mass is 498 g/mol. The number of benzene rings is 6. The maximum atomic E-state index is 6.55. The fourth-order valence-electron chi connectivity index (χ4n) is 6.00. The van der Waals surface area contributed by atoms with E-state index >= 15 is 0 Å². The maximum absolute atomic E-state index is 6.55. The van der Waals surface area contributed by atoms with Gasteiger partial charge in [-0.2, -0.15) is 0 Å². The fraction of sp³-hybridized carbons (Fsp3) is 0. The molecule has 0 N–H and O–H groups in total. The number of fused-ring (bicyclic) bond motifs is 1. The van der Waals surface area contributed by atoms with Gasteiger partial charge in [-0.15, -0.1) is 0 Å². The van der Waals surface area contributed by atoms with Gasteiger partial charge in [0.1, 0.15) is 5.58 Å². The van der Waals surface area contributed by atoms with Crippen molar-refractivity contribution in [3.05, 3.63) is 109 Å². The van der Waals surface area contributed by atoms with Crippen LogP contribution in [0.5, 0.6) is 0 Å². The fourth-order valence-corrected chi connectivity index (χ4v) is 6.00. The Morgan fingerprint density at radius 2 is 1.15 bits per heavy atom. The molecule has 180 valence electrons. The number of hydrogen-bond acceptors (Lipinski definition) is 5. The van der Waals surface area contributed by atoms with E-state index in [2.05, 4.69) is 47.4 Å². The van der Waals surface area contributed by atoms with Crippen molar-refractivity contribution in [1.29, 1.82) is 0 Å². The van der Waals surface area contributed by atoms with Gasteiger partial charge in [0.15, 0.2) is 17.5 Å². The molecule has 0 spiro atoms. The average molecular weight is 499 g/mol. The quantitative estimate of drug-likeness (QED) is 0.180. The van der Waals surface area contributed by atoms with E-state index < -0.39 is 0 Å². The molecule has 0 fully saturated rings. The van der Waals surface area contributed by atoms with Crippen LogP contribution in [0.25, 0.3) is 88.5 Å². The highest BCUT2D eigenvalue weighted by molar-refractivity contribution is 6.39. The summed E-state index contributed by atoms with van der Waals surface area (Å²) in [6, 6.07) is 35.2. The first-order valence-electron chi connectivity index (χ1n) is 12.9. The molecule has 0 bridgehead atoms. The summed E-state index contributed by atoms with van der Waals surface area (Å²) in [5.74, 6) is 1.82. The largest absolute Gasteiger partial charge is 0.437 e. The number of rotatable bonds is 3. The Morgan fingerprint density at radius 3 is 1.90 bits per heavy atom. The summed E-state index contributed by atoms with van der Waals surface area (Å²) in [6.45, 7) is 0. The van der Waals surface area contributed by atoms with Crippen LogP contribution in [-0.4, -0.2) is 19.9 Å². The van der Waals surface area contributed by atoms with Gasteiger partial charge in [-0.1, -0.05) is 91.0 Å². The van der Waals surface area contributed by atoms with E-state index in [0.717, 1.165) is 43.8 Å². The van der Waals surface area contributed by atoms with Crippen molar-refractivity contribution < 1.29 is 4.42 Å². The van der Waals surface area contributed by atoms with Crippen molar-refractivity contribution in [3.63, 3.8) is 0 Å². The second-order valence-electron chi connectivity index (χ2n) is 9.87. The Hall–Kier alpha value is -5.42. The van der Waals surface area contributed by atoms with Gasteiger partial charge in [0.05, 0.1) is 10.9 Å². The summed E-state index contributed by atoms with van der Waals surface area (Å²) in [5, 5.41) is 9.26. The summed E-state index contributed by atoms with van der Waals surface area (Å²) in [7, 11) is 0. The smallest absolute Gasteiger partial charge is 0.227 e.